The Balaban J connectivity index is 1.79. The number of primary amides is 1. The van der Waals surface area contributed by atoms with E-state index in [1.54, 1.807) is 19.2 Å². The number of aryl methyl sites for hydroxylation is 1. The van der Waals surface area contributed by atoms with Gasteiger partial charge in [-0.2, -0.15) is 4.31 Å². The lowest BCUT2D eigenvalue weighted by atomic mass is 10.2. The van der Waals surface area contributed by atoms with E-state index in [2.05, 4.69) is 5.32 Å². The summed E-state index contributed by atoms with van der Waals surface area (Å²) in [6.45, 7) is 1.01. The van der Waals surface area contributed by atoms with Crippen molar-refractivity contribution in [1.82, 2.24) is 8.87 Å². The maximum Gasteiger partial charge on any atom is 0.272 e. The SMILES string of the molecule is Cn1cc(S(=O)(=O)N2CCCCC2)cc1C(=O)Nc1ccc(C(N)=O)cc1. The molecule has 1 saturated heterocycles. The monoisotopic (exact) mass is 390 g/mol. The number of hydrogen-bond acceptors (Lipinski definition) is 4. The number of rotatable bonds is 5. The zero-order valence-electron chi connectivity index (χ0n) is 15.0. The maximum atomic E-state index is 12.8. The second-order valence-corrected chi connectivity index (χ2v) is 8.47. The number of nitrogens with one attached hydrogen (secondary N) is 1. The molecule has 0 aliphatic carbocycles. The topological polar surface area (TPSA) is 114 Å². The molecule has 2 amide bonds. The van der Waals surface area contributed by atoms with Crippen molar-refractivity contribution in [2.24, 2.45) is 12.8 Å². The van der Waals surface area contributed by atoms with E-state index >= 15 is 0 Å². The van der Waals surface area contributed by atoms with Crippen LogP contribution in [0, 0.1) is 0 Å². The average Bonchev–Trinajstić information content (AvgIpc) is 3.05. The van der Waals surface area contributed by atoms with E-state index in [0.717, 1.165) is 19.3 Å². The number of nitrogens with two attached hydrogens (primary N) is 1. The number of carbonyl (C=O) groups is 2. The van der Waals surface area contributed by atoms with Crippen molar-refractivity contribution in [3.05, 3.63) is 47.8 Å². The predicted octanol–water partition coefficient (Wildman–Crippen LogP) is 1.55. The number of piperidine rings is 1. The van der Waals surface area contributed by atoms with Crippen molar-refractivity contribution in [3.8, 4) is 0 Å². The van der Waals surface area contributed by atoms with E-state index in [1.807, 2.05) is 0 Å². The fraction of sp³-hybridized carbons (Fsp3) is 0.333. The molecular weight excluding hydrogens is 368 g/mol. The Hall–Kier alpha value is -2.65. The van der Waals surface area contributed by atoms with Gasteiger partial charge < -0.3 is 15.6 Å². The lowest BCUT2D eigenvalue weighted by Gasteiger charge is -2.25. The molecule has 27 heavy (non-hydrogen) atoms. The zero-order chi connectivity index (χ0) is 19.6. The van der Waals surface area contributed by atoms with Gasteiger partial charge in [0.1, 0.15) is 10.6 Å². The Labute approximate surface area is 158 Å². The molecule has 0 radical (unpaired) electrons. The highest BCUT2D eigenvalue weighted by Gasteiger charge is 2.28. The van der Waals surface area contributed by atoms with E-state index in [9.17, 15) is 18.0 Å². The molecule has 0 spiro atoms. The van der Waals surface area contributed by atoms with Gasteiger partial charge in [-0.25, -0.2) is 8.42 Å². The maximum absolute atomic E-state index is 12.8. The molecule has 3 N–H and O–H groups in total. The van der Waals surface area contributed by atoms with Gasteiger partial charge in [0.2, 0.25) is 15.9 Å². The minimum absolute atomic E-state index is 0.112. The van der Waals surface area contributed by atoms with Crippen molar-refractivity contribution < 1.29 is 18.0 Å². The number of carbonyl (C=O) groups excluding carboxylic acids is 2. The van der Waals surface area contributed by atoms with Crippen LogP contribution in [-0.4, -0.2) is 42.2 Å². The molecule has 1 aromatic heterocycles. The van der Waals surface area contributed by atoms with Crippen LogP contribution in [0.5, 0.6) is 0 Å². The molecule has 1 aliphatic heterocycles. The van der Waals surface area contributed by atoms with Crippen molar-refractivity contribution in [2.45, 2.75) is 24.2 Å². The first-order valence-electron chi connectivity index (χ1n) is 8.67. The first kappa shape index (κ1) is 19.1. The van der Waals surface area contributed by atoms with E-state index in [0.29, 0.717) is 24.3 Å². The smallest absolute Gasteiger partial charge is 0.272 e. The van der Waals surface area contributed by atoms with Crippen molar-refractivity contribution in [2.75, 3.05) is 18.4 Å². The van der Waals surface area contributed by atoms with Crippen LogP contribution < -0.4 is 11.1 Å². The predicted molar refractivity (Wildman–Crippen MR) is 101 cm³/mol. The molecule has 1 fully saturated rings. The number of anilines is 1. The summed E-state index contributed by atoms with van der Waals surface area (Å²) >= 11 is 0. The Morgan fingerprint density at radius 2 is 1.70 bits per heavy atom. The fourth-order valence-corrected chi connectivity index (χ4v) is 4.66. The van der Waals surface area contributed by atoms with Crippen LogP contribution in [0.3, 0.4) is 0 Å². The molecule has 2 aromatic rings. The summed E-state index contributed by atoms with van der Waals surface area (Å²) in [4.78, 5) is 23.7. The van der Waals surface area contributed by atoms with Crippen LogP contribution in [0.15, 0.2) is 41.4 Å². The third kappa shape index (κ3) is 4.04. The van der Waals surface area contributed by atoms with Gasteiger partial charge in [-0.05, 0) is 43.2 Å². The van der Waals surface area contributed by atoms with E-state index < -0.39 is 21.8 Å². The Morgan fingerprint density at radius 3 is 2.30 bits per heavy atom. The van der Waals surface area contributed by atoms with Gasteiger partial charge in [0.25, 0.3) is 5.91 Å². The number of hydrogen-bond donors (Lipinski definition) is 2. The van der Waals surface area contributed by atoms with Gasteiger partial charge >= 0.3 is 0 Å². The van der Waals surface area contributed by atoms with Crippen molar-refractivity contribution in [3.63, 3.8) is 0 Å². The largest absolute Gasteiger partial charge is 0.366 e. The highest BCUT2D eigenvalue weighted by molar-refractivity contribution is 7.89. The van der Waals surface area contributed by atoms with Crippen LogP contribution >= 0.6 is 0 Å². The lowest BCUT2D eigenvalue weighted by Crippen LogP contribution is -2.35. The van der Waals surface area contributed by atoms with Gasteiger partial charge in [0, 0.05) is 37.6 Å². The van der Waals surface area contributed by atoms with Crippen LogP contribution in [0.4, 0.5) is 5.69 Å². The quantitative estimate of drug-likeness (QED) is 0.806. The number of aromatic nitrogens is 1. The Morgan fingerprint density at radius 1 is 1.07 bits per heavy atom. The van der Waals surface area contributed by atoms with Gasteiger partial charge in [-0.3, -0.25) is 9.59 Å². The number of benzene rings is 1. The minimum Gasteiger partial charge on any atom is -0.366 e. The third-order valence-corrected chi connectivity index (χ3v) is 6.46. The molecule has 0 bridgehead atoms. The van der Waals surface area contributed by atoms with E-state index in [4.69, 9.17) is 5.73 Å². The van der Waals surface area contributed by atoms with Crippen LogP contribution in [-0.2, 0) is 17.1 Å². The summed E-state index contributed by atoms with van der Waals surface area (Å²) in [7, 11) is -1.98. The Kier molecular flexibility index (Phi) is 5.33. The standard InChI is InChI=1S/C18H22N4O4S/c1-21-12-15(27(25,26)22-9-3-2-4-10-22)11-16(21)18(24)20-14-7-5-13(6-8-14)17(19)23/h5-8,11-12H,2-4,9-10H2,1H3,(H2,19,23)(H,20,24). The molecule has 9 heteroatoms. The first-order chi connectivity index (χ1) is 12.8. The third-order valence-electron chi connectivity index (χ3n) is 4.59. The zero-order valence-corrected chi connectivity index (χ0v) is 15.8. The molecule has 0 atom stereocenters. The summed E-state index contributed by atoms with van der Waals surface area (Å²) in [5, 5.41) is 2.69. The van der Waals surface area contributed by atoms with E-state index in [1.165, 1.54) is 33.3 Å². The molecule has 2 heterocycles. The molecule has 8 nitrogen and oxygen atoms in total. The first-order valence-corrected chi connectivity index (χ1v) is 10.1. The molecule has 0 unspecified atom stereocenters. The molecular formula is C18H22N4O4S. The Bertz CT molecular complexity index is 958. The number of amides is 2. The van der Waals surface area contributed by atoms with Gasteiger partial charge in [-0.1, -0.05) is 6.42 Å². The second kappa shape index (κ2) is 7.53. The molecule has 0 saturated carbocycles. The molecule has 3 rings (SSSR count). The number of nitrogens with zero attached hydrogens (tertiary/aromatic N) is 2. The summed E-state index contributed by atoms with van der Waals surface area (Å²) in [6, 6.07) is 7.53. The van der Waals surface area contributed by atoms with Gasteiger partial charge in [0.05, 0.1) is 0 Å². The van der Waals surface area contributed by atoms with Gasteiger partial charge in [0.15, 0.2) is 0 Å². The minimum atomic E-state index is -3.60. The number of sulfonamides is 1. The second-order valence-electron chi connectivity index (χ2n) is 6.53. The highest BCUT2D eigenvalue weighted by atomic mass is 32.2. The highest BCUT2D eigenvalue weighted by Crippen LogP contribution is 2.23. The van der Waals surface area contributed by atoms with Crippen molar-refractivity contribution >= 4 is 27.5 Å². The summed E-state index contributed by atoms with van der Waals surface area (Å²) in [5.74, 6) is -0.993. The normalized spacial score (nSPS) is 15.4. The molecule has 1 aliphatic rings. The van der Waals surface area contributed by atoms with Crippen LogP contribution in [0.1, 0.15) is 40.1 Å². The van der Waals surface area contributed by atoms with Crippen LogP contribution in [0.2, 0.25) is 0 Å². The lowest BCUT2D eigenvalue weighted by molar-refractivity contribution is 0.0997. The van der Waals surface area contributed by atoms with E-state index in [-0.39, 0.29) is 10.6 Å². The molecule has 144 valence electrons. The molecule has 1 aromatic carbocycles. The van der Waals surface area contributed by atoms with Gasteiger partial charge in [-0.15, -0.1) is 0 Å². The fourth-order valence-electron chi connectivity index (χ4n) is 3.07. The summed E-state index contributed by atoms with van der Waals surface area (Å²) in [6.07, 6.45) is 4.18. The van der Waals surface area contributed by atoms with Crippen molar-refractivity contribution in [1.29, 1.82) is 0 Å². The average molecular weight is 390 g/mol. The summed E-state index contributed by atoms with van der Waals surface area (Å²) < 4.78 is 28.5. The van der Waals surface area contributed by atoms with Crippen LogP contribution in [0.25, 0.3) is 0 Å². The summed E-state index contributed by atoms with van der Waals surface area (Å²) in [5.41, 5.74) is 6.23.